The molecule has 0 aliphatic rings. The van der Waals surface area contributed by atoms with Crippen molar-refractivity contribution in [1.82, 2.24) is 10.3 Å². The standard InChI is InChI=1S/C17H21N3O4/c1-10-14(24-9-18-10)12-7-6-11(8-13(12)23-5)19-15(21)16(22)20-17(2,3)4/h6-9H,1-5H3,(H,19,21)(H,20,22). The summed E-state index contributed by atoms with van der Waals surface area (Å²) in [5.41, 5.74) is 1.40. The molecule has 0 saturated heterocycles. The average Bonchev–Trinajstić information content (AvgIpc) is 2.91. The minimum Gasteiger partial charge on any atom is -0.496 e. The molecule has 0 radical (unpaired) electrons. The monoisotopic (exact) mass is 331 g/mol. The molecule has 0 fully saturated rings. The van der Waals surface area contributed by atoms with Gasteiger partial charge in [-0.2, -0.15) is 0 Å². The lowest BCUT2D eigenvalue weighted by atomic mass is 10.1. The maximum Gasteiger partial charge on any atom is 0.313 e. The van der Waals surface area contributed by atoms with E-state index in [0.717, 1.165) is 5.69 Å². The molecule has 1 heterocycles. The highest BCUT2D eigenvalue weighted by Gasteiger charge is 2.21. The molecule has 128 valence electrons. The van der Waals surface area contributed by atoms with Crippen LogP contribution in [0.15, 0.2) is 29.0 Å². The second kappa shape index (κ2) is 6.74. The molecule has 0 aliphatic heterocycles. The summed E-state index contributed by atoms with van der Waals surface area (Å²) < 4.78 is 10.7. The first kappa shape index (κ1) is 17.5. The fraction of sp³-hybridized carbons (Fsp3) is 0.353. The van der Waals surface area contributed by atoms with Crippen molar-refractivity contribution in [1.29, 1.82) is 0 Å². The van der Waals surface area contributed by atoms with Crippen LogP contribution < -0.4 is 15.4 Å². The molecule has 7 heteroatoms. The van der Waals surface area contributed by atoms with Gasteiger partial charge in [-0.05, 0) is 39.8 Å². The van der Waals surface area contributed by atoms with E-state index in [9.17, 15) is 9.59 Å². The summed E-state index contributed by atoms with van der Waals surface area (Å²) in [5.74, 6) is -0.341. The zero-order valence-corrected chi connectivity index (χ0v) is 14.4. The van der Waals surface area contributed by atoms with Crippen LogP contribution in [0, 0.1) is 6.92 Å². The van der Waals surface area contributed by atoms with Crippen LogP contribution in [0.4, 0.5) is 5.69 Å². The van der Waals surface area contributed by atoms with Gasteiger partial charge in [0.1, 0.15) is 5.75 Å². The predicted molar refractivity (Wildman–Crippen MR) is 89.8 cm³/mol. The van der Waals surface area contributed by atoms with Crippen molar-refractivity contribution in [3.63, 3.8) is 0 Å². The van der Waals surface area contributed by atoms with Crippen molar-refractivity contribution in [3.8, 4) is 17.1 Å². The summed E-state index contributed by atoms with van der Waals surface area (Å²) in [6, 6.07) is 5.03. The number of aryl methyl sites for hydroxylation is 1. The molecule has 2 N–H and O–H groups in total. The maximum absolute atomic E-state index is 12.0. The number of carbonyl (C=O) groups is 2. The molecule has 0 atom stereocenters. The predicted octanol–water partition coefficient (Wildman–Crippen LogP) is 2.51. The number of amides is 2. The molecule has 2 amide bonds. The highest BCUT2D eigenvalue weighted by atomic mass is 16.5. The number of benzene rings is 1. The van der Waals surface area contributed by atoms with E-state index < -0.39 is 17.4 Å². The van der Waals surface area contributed by atoms with Gasteiger partial charge in [-0.15, -0.1) is 0 Å². The lowest BCUT2D eigenvalue weighted by Crippen LogP contribution is -2.46. The van der Waals surface area contributed by atoms with Gasteiger partial charge in [-0.1, -0.05) is 0 Å². The summed E-state index contributed by atoms with van der Waals surface area (Å²) >= 11 is 0. The van der Waals surface area contributed by atoms with Crippen LogP contribution in [0.1, 0.15) is 26.5 Å². The summed E-state index contributed by atoms with van der Waals surface area (Å²) in [6.45, 7) is 7.23. The van der Waals surface area contributed by atoms with E-state index in [1.54, 1.807) is 39.0 Å². The van der Waals surface area contributed by atoms with Gasteiger partial charge in [0.05, 0.1) is 18.4 Å². The number of anilines is 1. The molecular weight excluding hydrogens is 310 g/mol. The van der Waals surface area contributed by atoms with E-state index in [-0.39, 0.29) is 0 Å². The van der Waals surface area contributed by atoms with Crippen molar-refractivity contribution in [2.75, 3.05) is 12.4 Å². The van der Waals surface area contributed by atoms with Gasteiger partial charge < -0.3 is 19.8 Å². The van der Waals surface area contributed by atoms with Gasteiger partial charge in [0.25, 0.3) is 0 Å². The smallest absolute Gasteiger partial charge is 0.313 e. The molecular formula is C17H21N3O4. The normalized spacial score (nSPS) is 11.0. The Morgan fingerprint density at radius 3 is 2.46 bits per heavy atom. The minimum absolute atomic E-state index is 0.446. The van der Waals surface area contributed by atoms with Gasteiger partial charge in [-0.3, -0.25) is 9.59 Å². The molecule has 0 unspecified atom stereocenters. The van der Waals surface area contributed by atoms with Crippen molar-refractivity contribution in [3.05, 3.63) is 30.3 Å². The van der Waals surface area contributed by atoms with Crippen LogP contribution >= 0.6 is 0 Å². The van der Waals surface area contributed by atoms with Crippen molar-refractivity contribution in [2.45, 2.75) is 33.2 Å². The molecule has 0 saturated carbocycles. The Morgan fingerprint density at radius 1 is 1.21 bits per heavy atom. The third-order valence-corrected chi connectivity index (χ3v) is 3.14. The quantitative estimate of drug-likeness (QED) is 0.843. The van der Waals surface area contributed by atoms with Crippen molar-refractivity contribution >= 4 is 17.5 Å². The van der Waals surface area contributed by atoms with E-state index in [1.165, 1.54) is 13.5 Å². The van der Waals surface area contributed by atoms with E-state index in [2.05, 4.69) is 15.6 Å². The van der Waals surface area contributed by atoms with E-state index in [0.29, 0.717) is 22.8 Å². The number of hydrogen-bond acceptors (Lipinski definition) is 5. The zero-order chi connectivity index (χ0) is 17.9. The molecule has 1 aromatic heterocycles. The number of oxazole rings is 1. The minimum atomic E-state index is -0.740. The maximum atomic E-state index is 12.0. The molecule has 0 aliphatic carbocycles. The Hall–Kier alpha value is -2.83. The number of aromatic nitrogens is 1. The van der Waals surface area contributed by atoms with Crippen molar-refractivity contribution in [2.24, 2.45) is 0 Å². The van der Waals surface area contributed by atoms with E-state index >= 15 is 0 Å². The molecule has 24 heavy (non-hydrogen) atoms. The molecule has 7 nitrogen and oxygen atoms in total. The van der Waals surface area contributed by atoms with Gasteiger partial charge in [0, 0.05) is 17.3 Å². The van der Waals surface area contributed by atoms with E-state index in [4.69, 9.17) is 9.15 Å². The number of nitrogens with one attached hydrogen (secondary N) is 2. The van der Waals surface area contributed by atoms with Crippen molar-refractivity contribution < 1.29 is 18.7 Å². The largest absolute Gasteiger partial charge is 0.496 e. The van der Waals surface area contributed by atoms with Crippen LogP contribution in [-0.4, -0.2) is 29.4 Å². The number of ether oxygens (including phenoxy) is 1. The van der Waals surface area contributed by atoms with Crippen LogP contribution in [-0.2, 0) is 9.59 Å². The average molecular weight is 331 g/mol. The van der Waals surface area contributed by atoms with Crippen LogP contribution in [0.2, 0.25) is 0 Å². The fourth-order valence-corrected chi connectivity index (χ4v) is 2.10. The third-order valence-electron chi connectivity index (χ3n) is 3.14. The highest BCUT2D eigenvalue weighted by Crippen LogP contribution is 2.34. The summed E-state index contributed by atoms with van der Waals surface area (Å²) in [4.78, 5) is 27.9. The molecule has 0 spiro atoms. The summed E-state index contributed by atoms with van der Waals surface area (Å²) in [6.07, 6.45) is 1.36. The Morgan fingerprint density at radius 2 is 1.92 bits per heavy atom. The van der Waals surface area contributed by atoms with Gasteiger partial charge in [0.2, 0.25) is 0 Å². The Kier molecular flexibility index (Phi) is 4.92. The van der Waals surface area contributed by atoms with Crippen LogP contribution in [0.25, 0.3) is 11.3 Å². The third kappa shape index (κ3) is 4.13. The number of rotatable bonds is 3. The Bertz CT molecular complexity index is 759. The SMILES string of the molecule is COc1cc(NC(=O)C(=O)NC(C)(C)C)ccc1-c1ocnc1C. The molecule has 0 bridgehead atoms. The number of hydrogen-bond donors (Lipinski definition) is 2. The second-order valence-corrected chi connectivity index (χ2v) is 6.34. The number of carbonyl (C=O) groups excluding carboxylic acids is 2. The Labute approximate surface area is 140 Å². The first-order chi connectivity index (χ1) is 11.2. The first-order valence-corrected chi connectivity index (χ1v) is 7.43. The van der Waals surface area contributed by atoms with Crippen LogP contribution in [0.5, 0.6) is 5.75 Å². The number of nitrogens with zero attached hydrogens (tertiary/aromatic N) is 1. The second-order valence-electron chi connectivity index (χ2n) is 6.34. The molecule has 2 aromatic rings. The lowest BCUT2D eigenvalue weighted by Gasteiger charge is -2.20. The highest BCUT2D eigenvalue weighted by molar-refractivity contribution is 6.39. The molecule has 1 aromatic carbocycles. The molecule has 2 rings (SSSR count). The van der Waals surface area contributed by atoms with Crippen LogP contribution in [0.3, 0.4) is 0 Å². The van der Waals surface area contributed by atoms with E-state index in [1.807, 2.05) is 6.92 Å². The van der Waals surface area contributed by atoms with Gasteiger partial charge in [0.15, 0.2) is 12.2 Å². The summed E-state index contributed by atoms with van der Waals surface area (Å²) in [5, 5.41) is 5.15. The van der Waals surface area contributed by atoms with Gasteiger partial charge >= 0.3 is 11.8 Å². The Balaban J connectivity index is 2.20. The first-order valence-electron chi connectivity index (χ1n) is 7.43. The zero-order valence-electron chi connectivity index (χ0n) is 14.4. The van der Waals surface area contributed by atoms with Gasteiger partial charge in [-0.25, -0.2) is 4.98 Å². The fourth-order valence-electron chi connectivity index (χ4n) is 2.10. The topological polar surface area (TPSA) is 93.5 Å². The summed E-state index contributed by atoms with van der Waals surface area (Å²) in [7, 11) is 1.52. The lowest BCUT2D eigenvalue weighted by molar-refractivity contribution is -0.137. The number of methoxy groups -OCH3 is 1.